The highest BCUT2D eigenvalue weighted by Gasteiger charge is 2.27. The first-order valence-electron chi connectivity index (χ1n) is 4.92. The van der Waals surface area contributed by atoms with Gasteiger partial charge in [0.15, 0.2) is 0 Å². The van der Waals surface area contributed by atoms with Crippen molar-refractivity contribution in [2.75, 3.05) is 18.9 Å². The van der Waals surface area contributed by atoms with Gasteiger partial charge in [0.25, 0.3) is 0 Å². The highest BCUT2D eigenvalue weighted by molar-refractivity contribution is 7.89. The standard InChI is InChI=1S/C8H16F3NO3S/c9-8(10,11)4-3-7-16(14,15)12-5-1-2-6-13/h12-13H,1-7H2. The summed E-state index contributed by atoms with van der Waals surface area (Å²) in [5.74, 6) is -0.522. The van der Waals surface area contributed by atoms with Gasteiger partial charge in [0, 0.05) is 19.6 Å². The van der Waals surface area contributed by atoms with Crippen LogP contribution in [0.1, 0.15) is 25.7 Å². The fraction of sp³-hybridized carbons (Fsp3) is 1.00. The molecule has 8 heteroatoms. The van der Waals surface area contributed by atoms with Gasteiger partial charge in [-0.25, -0.2) is 13.1 Å². The Hall–Kier alpha value is -0.340. The fourth-order valence-corrected chi connectivity index (χ4v) is 2.12. The maximum Gasteiger partial charge on any atom is 0.389 e. The van der Waals surface area contributed by atoms with Crippen LogP contribution in [0, 0.1) is 0 Å². The van der Waals surface area contributed by atoms with Crippen LogP contribution < -0.4 is 4.72 Å². The predicted octanol–water partition coefficient (Wildman–Crippen LogP) is 1.02. The van der Waals surface area contributed by atoms with Crippen molar-refractivity contribution >= 4 is 10.0 Å². The van der Waals surface area contributed by atoms with Crippen molar-refractivity contribution in [2.45, 2.75) is 31.9 Å². The van der Waals surface area contributed by atoms with Gasteiger partial charge >= 0.3 is 6.18 Å². The zero-order valence-electron chi connectivity index (χ0n) is 8.76. The minimum atomic E-state index is -4.31. The van der Waals surface area contributed by atoms with E-state index in [0.29, 0.717) is 12.8 Å². The van der Waals surface area contributed by atoms with Crippen molar-refractivity contribution in [3.05, 3.63) is 0 Å². The molecule has 0 fully saturated rings. The molecule has 2 N–H and O–H groups in total. The third-order valence-corrected chi connectivity index (χ3v) is 3.25. The Morgan fingerprint density at radius 1 is 1.12 bits per heavy atom. The highest BCUT2D eigenvalue weighted by Crippen LogP contribution is 2.21. The molecule has 0 radical (unpaired) electrons. The summed E-state index contributed by atoms with van der Waals surface area (Å²) >= 11 is 0. The Balaban J connectivity index is 3.71. The van der Waals surface area contributed by atoms with E-state index in [1.54, 1.807) is 0 Å². The summed E-state index contributed by atoms with van der Waals surface area (Å²) in [5.41, 5.74) is 0. The number of hydrogen-bond acceptors (Lipinski definition) is 3. The molecule has 0 bridgehead atoms. The molecule has 0 saturated carbocycles. The van der Waals surface area contributed by atoms with Crippen LogP contribution in [0.4, 0.5) is 13.2 Å². The van der Waals surface area contributed by atoms with Crippen molar-refractivity contribution in [3.63, 3.8) is 0 Å². The van der Waals surface area contributed by atoms with E-state index in [2.05, 4.69) is 4.72 Å². The molecule has 4 nitrogen and oxygen atoms in total. The topological polar surface area (TPSA) is 66.4 Å². The summed E-state index contributed by atoms with van der Waals surface area (Å²) in [5, 5.41) is 8.42. The average molecular weight is 263 g/mol. The molecule has 0 rings (SSSR count). The summed E-state index contributed by atoms with van der Waals surface area (Å²) in [6.45, 7) is 0.116. The zero-order valence-corrected chi connectivity index (χ0v) is 9.57. The van der Waals surface area contributed by atoms with E-state index in [-0.39, 0.29) is 13.2 Å². The summed E-state index contributed by atoms with van der Waals surface area (Å²) in [6, 6.07) is 0. The monoisotopic (exact) mass is 263 g/mol. The molecule has 0 aliphatic carbocycles. The number of unbranched alkanes of at least 4 members (excludes halogenated alkanes) is 1. The van der Waals surface area contributed by atoms with Crippen LogP contribution in [0.3, 0.4) is 0 Å². The van der Waals surface area contributed by atoms with Crippen LogP contribution in [-0.2, 0) is 10.0 Å². The van der Waals surface area contributed by atoms with E-state index >= 15 is 0 Å². The number of alkyl halides is 3. The normalized spacial score (nSPS) is 13.0. The number of aliphatic hydroxyl groups is 1. The molecular weight excluding hydrogens is 247 g/mol. The van der Waals surface area contributed by atoms with Crippen LogP contribution in [0.25, 0.3) is 0 Å². The second-order valence-corrected chi connectivity index (χ2v) is 5.29. The van der Waals surface area contributed by atoms with Crippen LogP contribution in [-0.4, -0.2) is 38.6 Å². The highest BCUT2D eigenvalue weighted by atomic mass is 32.2. The number of nitrogens with one attached hydrogen (secondary N) is 1. The summed E-state index contributed by atoms with van der Waals surface area (Å²) < 4.78 is 59.7. The van der Waals surface area contributed by atoms with E-state index in [1.807, 2.05) is 0 Å². The van der Waals surface area contributed by atoms with Gasteiger partial charge in [-0.1, -0.05) is 0 Å². The van der Waals surface area contributed by atoms with E-state index in [9.17, 15) is 21.6 Å². The van der Waals surface area contributed by atoms with Crippen molar-refractivity contribution < 1.29 is 26.7 Å². The molecule has 0 saturated heterocycles. The van der Waals surface area contributed by atoms with E-state index in [1.165, 1.54) is 0 Å². The van der Waals surface area contributed by atoms with Crippen LogP contribution in [0.2, 0.25) is 0 Å². The zero-order chi connectivity index (χ0) is 12.7. The second-order valence-electron chi connectivity index (χ2n) is 3.36. The van der Waals surface area contributed by atoms with Crippen LogP contribution >= 0.6 is 0 Å². The largest absolute Gasteiger partial charge is 0.396 e. The predicted molar refractivity (Wildman–Crippen MR) is 53.4 cm³/mol. The van der Waals surface area contributed by atoms with E-state index in [4.69, 9.17) is 5.11 Å². The lowest BCUT2D eigenvalue weighted by Gasteiger charge is -2.07. The maximum absolute atomic E-state index is 11.7. The summed E-state index contributed by atoms with van der Waals surface area (Å²) in [6.07, 6.45) is -4.91. The Morgan fingerprint density at radius 3 is 2.25 bits per heavy atom. The van der Waals surface area contributed by atoms with Crippen LogP contribution in [0.5, 0.6) is 0 Å². The number of sulfonamides is 1. The molecule has 0 aromatic carbocycles. The number of aliphatic hydroxyl groups excluding tert-OH is 1. The molecule has 0 aliphatic rings. The van der Waals surface area contributed by atoms with Gasteiger partial charge in [-0.2, -0.15) is 13.2 Å². The van der Waals surface area contributed by atoms with Gasteiger partial charge < -0.3 is 5.11 Å². The van der Waals surface area contributed by atoms with E-state index in [0.717, 1.165) is 0 Å². The van der Waals surface area contributed by atoms with Crippen LogP contribution in [0.15, 0.2) is 0 Å². The lowest BCUT2D eigenvalue weighted by Crippen LogP contribution is -2.28. The van der Waals surface area contributed by atoms with Crippen molar-refractivity contribution in [1.29, 1.82) is 0 Å². The second kappa shape index (κ2) is 7.08. The summed E-state index contributed by atoms with van der Waals surface area (Å²) in [4.78, 5) is 0. The molecule has 0 aliphatic heterocycles. The smallest absolute Gasteiger partial charge is 0.389 e. The van der Waals surface area contributed by atoms with Crippen molar-refractivity contribution in [3.8, 4) is 0 Å². The van der Waals surface area contributed by atoms with Gasteiger partial charge in [0.1, 0.15) is 0 Å². The number of hydrogen-bond donors (Lipinski definition) is 2. The first-order valence-corrected chi connectivity index (χ1v) is 6.57. The molecule has 0 atom stereocenters. The lowest BCUT2D eigenvalue weighted by atomic mass is 10.3. The number of rotatable bonds is 8. The third kappa shape index (κ3) is 10.2. The Kier molecular flexibility index (Phi) is 6.93. The molecule has 98 valence electrons. The van der Waals surface area contributed by atoms with Crippen molar-refractivity contribution in [1.82, 2.24) is 4.72 Å². The minimum absolute atomic E-state index is 0.0319. The SMILES string of the molecule is O=S(=O)(CCCC(F)(F)F)NCCCCO. The number of halogens is 3. The average Bonchev–Trinajstić information content (AvgIpc) is 2.10. The van der Waals surface area contributed by atoms with Gasteiger partial charge in [-0.05, 0) is 19.3 Å². The van der Waals surface area contributed by atoms with Crippen molar-refractivity contribution in [2.24, 2.45) is 0 Å². The minimum Gasteiger partial charge on any atom is -0.396 e. The molecular formula is C8H16F3NO3S. The maximum atomic E-state index is 11.7. The Morgan fingerprint density at radius 2 is 1.75 bits per heavy atom. The molecule has 0 heterocycles. The van der Waals surface area contributed by atoms with Gasteiger partial charge in [0.2, 0.25) is 10.0 Å². The van der Waals surface area contributed by atoms with E-state index < -0.39 is 34.8 Å². The Labute approximate surface area is 92.9 Å². The Bertz CT molecular complexity index is 277. The summed E-state index contributed by atoms with van der Waals surface area (Å²) in [7, 11) is -3.62. The van der Waals surface area contributed by atoms with Gasteiger partial charge in [0.05, 0.1) is 5.75 Å². The quantitative estimate of drug-likeness (QED) is 0.643. The molecule has 16 heavy (non-hydrogen) atoms. The first kappa shape index (κ1) is 15.7. The fourth-order valence-electron chi connectivity index (χ4n) is 0.999. The molecule has 0 aromatic rings. The van der Waals surface area contributed by atoms with Gasteiger partial charge in [-0.3, -0.25) is 0 Å². The first-order chi connectivity index (χ1) is 7.27. The molecule has 0 unspecified atom stereocenters. The third-order valence-electron chi connectivity index (χ3n) is 1.78. The molecule has 0 spiro atoms. The van der Waals surface area contributed by atoms with Gasteiger partial charge in [-0.15, -0.1) is 0 Å². The molecule has 0 aromatic heterocycles. The lowest BCUT2D eigenvalue weighted by molar-refractivity contribution is -0.134. The molecule has 0 amide bonds.